The molecule has 222 valence electrons. The van der Waals surface area contributed by atoms with Crippen molar-refractivity contribution in [3.8, 4) is 0 Å². The van der Waals surface area contributed by atoms with Gasteiger partial charge in [0, 0.05) is 19.3 Å². The Balaban J connectivity index is 2.04. The third-order valence-corrected chi connectivity index (χ3v) is 7.57. The quantitative estimate of drug-likeness (QED) is 0.0723. The fraction of sp³-hybridized carbons (Fsp3) is 0.828. The van der Waals surface area contributed by atoms with Crippen molar-refractivity contribution in [1.82, 2.24) is 0 Å². The van der Waals surface area contributed by atoms with Gasteiger partial charge in [-0.25, -0.2) is 9.13 Å². The van der Waals surface area contributed by atoms with E-state index in [-0.39, 0.29) is 13.2 Å². The molecule has 0 fully saturated rings. The Labute approximate surface area is 232 Å². The molecule has 1 aromatic rings. The maximum absolute atomic E-state index is 12.2. The van der Waals surface area contributed by atoms with Gasteiger partial charge in [-0.15, -0.1) is 0 Å². The minimum atomic E-state index is -4.20. The van der Waals surface area contributed by atoms with Crippen LogP contribution < -0.4 is 10.3 Å². The maximum Gasteiger partial charge on any atom is 0.472 e. The summed E-state index contributed by atoms with van der Waals surface area (Å²) in [6.07, 6.45) is 19.9. The van der Waals surface area contributed by atoms with Crippen molar-refractivity contribution >= 4 is 13.6 Å². The molecule has 0 bridgehead atoms. The molecule has 0 spiro atoms. The molecule has 0 aliphatic heterocycles. The van der Waals surface area contributed by atoms with Gasteiger partial charge in [-0.2, -0.15) is 0 Å². The first kappa shape index (κ1) is 35.0. The fourth-order valence-corrected chi connectivity index (χ4v) is 5.07. The molecule has 0 aliphatic rings. The van der Waals surface area contributed by atoms with Crippen LogP contribution in [-0.4, -0.2) is 44.0 Å². The fourth-order valence-electron chi connectivity index (χ4n) is 4.32. The number of unbranched alkanes of at least 4 members (excludes halogenated alkanes) is 13. The van der Waals surface area contributed by atoms with Gasteiger partial charge in [0.2, 0.25) is 0 Å². The Morgan fingerprint density at radius 2 is 1.45 bits per heavy atom. The summed E-state index contributed by atoms with van der Waals surface area (Å²) < 4.78 is 35.6. The lowest BCUT2D eigenvalue weighted by Gasteiger charge is -2.19. The Kier molecular flexibility index (Phi) is 21.0. The normalized spacial score (nSPS) is 14.0. The molecule has 1 aromatic heterocycles. The maximum atomic E-state index is 12.2. The first-order valence-corrected chi connectivity index (χ1v) is 16.4. The van der Waals surface area contributed by atoms with Gasteiger partial charge in [0.1, 0.15) is 12.6 Å². The van der Waals surface area contributed by atoms with Crippen LogP contribution in [0.2, 0.25) is 0 Å². The number of anilines is 1. The van der Waals surface area contributed by atoms with Gasteiger partial charge >= 0.3 is 7.82 Å². The van der Waals surface area contributed by atoms with Gasteiger partial charge in [-0.1, -0.05) is 90.4 Å². The highest BCUT2D eigenvalue weighted by Crippen LogP contribution is 2.43. The Bertz CT molecular complexity index is 752. The van der Waals surface area contributed by atoms with Crippen LogP contribution in [0.15, 0.2) is 18.3 Å². The van der Waals surface area contributed by atoms with E-state index in [1.165, 1.54) is 77.0 Å². The van der Waals surface area contributed by atoms with E-state index in [1.54, 1.807) is 4.57 Å². The second kappa shape index (κ2) is 22.8. The third-order valence-electron chi connectivity index (χ3n) is 6.58. The molecule has 2 atom stereocenters. The first-order chi connectivity index (χ1) is 18.4. The Morgan fingerprint density at radius 3 is 2.00 bits per heavy atom. The topological polar surface area (TPSA) is 104 Å². The second-order valence-corrected chi connectivity index (χ2v) is 11.6. The average molecular weight is 560 g/mol. The van der Waals surface area contributed by atoms with Gasteiger partial charge in [0.25, 0.3) is 5.82 Å². The van der Waals surface area contributed by atoms with Crippen LogP contribution in [0.5, 0.6) is 0 Å². The zero-order valence-corrected chi connectivity index (χ0v) is 25.3. The molecule has 0 amide bonds. The minimum absolute atomic E-state index is 0.000627. The lowest BCUT2D eigenvalue weighted by molar-refractivity contribution is -0.683. The van der Waals surface area contributed by atoms with Crippen LogP contribution in [0.4, 0.5) is 5.82 Å². The van der Waals surface area contributed by atoms with E-state index in [2.05, 4.69) is 6.92 Å². The predicted octanol–water partition coefficient (Wildman–Crippen LogP) is 6.90. The first-order valence-electron chi connectivity index (χ1n) is 14.9. The summed E-state index contributed by atoms with van der Waals surface area (Å²) in [5, 5.41) is 0. The van der Waals surface area contributed by atoms with E-state index in [4.69, 9.17) is 24.3 Å². The number of nitrogens with zero attached hydrogens (tertiary/aromatic N) is 1. The largest absolute Gasteiger partial charge is 0.472 e. The van der Waals surface area contributed by atoms with Crippen LogP contribution in [0.1, 0.15) is 109 Å². The second-order valence-electron chi connectivity index (χ2n) is 10.2. The third kappa shape index (κ3) is 19.1. The monoisotopic (exact) mass is 559 g/mol. The highest BCUT2D eigenvalue weighted by atomic mass is 31.2. The molecule has 0 radical (unpaired) electrons. The van der Waals surface area contributed by atoms with Crippen molar-refractivity contribution < 1.29 is 32.5 Å². The highest BCUT2D eigenvalue weighted by molar-refractivity contribution is 7.47. The van der Waals surface area contributed by atoms with Crippen molar-refractivity contribution in [3.63, 3.8) is 0 Å². The molecule has 0 saturated carbocycles. The van der Waals surface area contributed by atoms with Crippen LogP contribution >= 0.6 is 7.82 Å². The standard InChI is InChI=1S/C29H55N2O6P/c1-4-6-7-8-9-10-11-12-13-14-15-16-17-18-22-34-25-28(35-5-2)26-37-38(32,33)36-23-21-31-20-19-27(3)24-29(31)30/h19-20,24,28,30H,4-18,21-23,25-26H2,1-3H3,(H,32,33)/p+1/t28-/m1/s1. The molecule has 0 aromatic carbocycles. The zero-order chi connectivity index (χ0) is 27.9. The number of ether oxygens (including phenoxy) is 2. The molecule has 38 heavy (non-hydrogen) atoms. The van der Waals surface area contributed by atoms with E-state index in [1.807, 2.05) is 32.2 Å². The van der Waals surface area contributed by atoms with Crippen molar-refractivity contribution in [2.24, 2.45) is 0 Å². The minimum Gasteiger partial charge on any atom is -0.379 e. The molecule has 0 aliphatic carbocycles. The molecule has 3 N–H and O–H groups in total. The summed E-state index contributed by atoms with van der Waals surface area (Å²) in [6.45, 7) is 7.81. The Morgan fingerprint density at radius 1 is 0.868 bits per heavy atom. The van der Waals surface area contributed by atoms with Gasteiger partial charge in [0.05, 0.1) is 26.0 Å². The number of nitrogens with two attached hydrogens (primary N) is 1. The smallest absolute Gasteiger partial charge is 0.379 e. The number of aryl methyl sites for hydroxylation is 1. The SMILES string of the molecule is CCCCCCCCCCCCCCCCOC[C@H](COP(=O)(O)OCC[n+]1ccc(C)cc1N)OCC. The molecule has 1 heterocycles. The van der Waals surface area contributed by atoms with Gasteiger partial charge in [-0.3, -0.25) is 14.8 Å². The lowest BCUT2D eigenvalue weighted by Crippen LogP contribution is -2.38. The predicted molar refractivity (Wildman–Crippen MR) is 154 cm³/mol. The lowest BCUT2D eigenvalue weighted by atomic mass is 10.0. The molecule has 8 nitrogen and oxygen atoms in total. The molecule has 9 heteroatoms. The molecular formula is C29H56N2O6P+. The molecule has 1 rings (SSSR count). The number of aromatic nitrogens is 1. The van der Waals surface area contributed by atoms with Crippen molar-refractivity contribution in [1.29, 1.82) is 0 Å². The van der Waals surface area contributed by atoms with E-state index >= 15 is 0 Å². The summed E-state index contributed by atoms with van der Waals surface area (Å²) in [7, 11) is -4.20. The van der Waals surface area contributed by atoms with Gasteiger partial charge in [-0.05, 0) is 31.9 Å². The number of rotatable bonds is 26. The number of phosphoric acid groups is 1. The molecular weight excluding hydrogens is 503 g/mol. The zero-order valence-electron chi connectivity index (χ0n) is 24.4. The Hall–Kier alpha value is -1.02. The van der Waals surface area contributed by atoms with Crippen molar-refractivity contribution in [3.05, 3.63) is 23.9 Å². The van der Waals surface area contributed by atoms with Gasteiger partial charge in [0.15, 0.2) is 0 Å². The number of pyridine rings is 1. The summed E-state index contributed by atoms with van der Waals surface area (Å²) in [6, 6.07) is 3.75. The van der Waals surface area contributed by atoms with E-state index in [0.717, 1.165) is 18.4 Å². The van der Waals surface area contributed by atoms with Crippen molar-refractivity contribution in [2.75, 3.05) is 38.8 Å². The molecule has 0 saturated heterocycles. The summed E-state index contributed by atoms with van der Waals surface area (Å²) in [4.78, 5) is 10.0. The van der Waals surface area contributed by atoms with E-state index in [0.29, 0.717) is 32.2 Å². The highest BCUT2D eigenvalue weighted by Gasteiger charge is 2.24. The summed E-state index contributed by atoms with van der Waals surface area (Å²) >= 11 is 0. The number of phosphoric ester groups is 1. The van der Waals surface area contributed by atoms with Crippen LogP contribution in [-0.2, 0) is 29.6 Å². The van der Waals surface area contributed by atoms with E-state index < -0.39 is 13.9 Å². The van der Waals surface area contributed by atoms with Crippen LogP contribution in [0.25, 0.3) is 0 Å². The summed E-state index contributed by atoms with van der Waals surface area (Å²) in [5.41, 5.74) is 7.00. The van der Waals surface area contributed by atoms with E-state index in [9.17, 15) is 9.46 Å². The van der Waals surface area contributed by atoms with Crippen LogP contribution in [0, 0.1) is 6.92 Å². The van der Waals surface area contributed by atoms with Crippen molar-refractivity contribution in [2.45, 2.75) is 123 Å². The van der Waals surface area contributed by atoms with Gasteiger partial charge < -0.3 is 14.4 Å². The average Bonchev–Trinajstić information content (AvgIpc) is 2.88. The number of nitrogen functional groups attached to an aromatic ring is 1. The number of hydrogen-bond donors (Lipinski definition) is 2. The summed E-state index contributed by atoms with van der Waals surface area (Å²) in [5.74, 6) is 0.564. The number of hydrogen-bond acceptors (Lipinski definition) is 6. The van der Waals surface area contributed by atoms with Crippen LogP contribution in [0.3, 0.4) is 0 Å². The molecule has 1 unspecified atom stereocenters.